The second kappa shape index (κ2) is 13.7. The fraction of sp³-hybridized carbons (Fsp3) is 0.696. The first-order chi connectivity index (χ1) is 13.3. The molecule has 1 fully saturated rings. The molecule has 0 aromatic heterocycles. The van der Waals surface area contributed by atoms with E-state index in [4.69, 9.17) is 4.74 Å². The van der Waals surface area contributed by atoms with Gasteiger partial charge in [0.2, 0.25) is 0 Å². The zero-order valence-corrected chi connectivity index (χ0v) is 17.6. The van der Waals surface area contributed by atoms with Crippen LogP contribution in [0.5, 0.6) is 0 Å². The minimum atomic E-state index is -0.571. The Bertz CT molecular complexity index is 533. The molecule has 160 valence electrons. The number of rotatable bonds is 12. The topological polar surface area (TPSA) is 87.0 Å². The van der Waals surface area contributed by atoms with E-state index in [0.717, 1.165) is 25.7 Å². The fourth-order valence-electron chi connectivity index (χ4n) is 3.55. The molecule has 0 radical (unpaired) electrons. The summed E-state index contributed by atoms with van der Waals surface area (Å²) in [5.41, 5.74) is 1.24. The number of aliphatic hydroxyl groups is 3. The Balaban J connectivity index is 2.41. The van der Waals surface area contributed by atoms with Gasteiger partial charge in [-0.05, 0) is 58.3 Å². The third kappa shape index (κ3) is 10.2. The average molecular weight is 395 g/mol. The van der Waals surface area contributed by atoms with E-state index in [-0.39, 0.29) is 17.8 Å². The molecule has 1 aliphatic carbocycles. The highest BCUT2D eigenvalue weighted by Crippen LogP contribution is 2.36. The third-order valence-electron chi connectivity index (χ3n) is 5.13. The maximum atomic E-state index is 10.7. The first-order valence-electron chi connectivity index (χ1n) is 10.5. The summed E-state index contributed by atoms with van der Waals surface area (Å²) in [6.07, 6.45) is 13.5. The highest BCUT2D eigenvalue weighted by atomic mass is 16.5. The number of hydrogen-bond acceptors (Lipinski definition) is 5. The number of unbranched alkanes of at least 4 members (excludes halogenated alkanes) is 2. The summed E-state index contributed by atoms with van der Waals surface area (Å²) in [5.74, 6) is -0.416. The highest BCUT2D eigenvalue weighted by Gasteiger charge is 2.39. The molecule has 0 saturated heterocycles. The largest absolute Gasteiger partial charge is 0.466 e. The summed E-state index contributed by atoms with van der Waals surface area (Å²) in [5, 5.41) is 30.7. The lowest BCUT2D eigenvalue weighted by atomic mass is 9.89. The molecule has 0 unspecified atom stereocenters. The molecule has 0 aromatic carbocycles. The fourth-order valence-corrected chi connectivity index (χ4v) is 3.55. The zero-order chi connectivity index (χ0) is 20.9. The minimum Gasteiger partial charge on any atom is -0.466 e. The van der Waals surface area contributed by atoms with E-state index < -0.39 is 18.3 Å². The SMILES string of the molecule is CC(=O)OCCCCC=CC[C@@H]1[C@@H](C=C[C@@H](O)CCC=C(C)C)[C@H](O)C[C@@H]1O. The van der Waals surface area contributed by atoms with Gasteiger partial charge >= 0.3 is 5.97 Å². The van der Waals surface area contributed by atoms with Gasteiger partial charge in [-0.15, -0.1) is 0 Å². The molecular weight excluding hydrogens is 356 g/mol. The molecule has 5 atom stereocenters. The van der Waals surface area contributed by atoms with E-state index >= 15 is 0 Å². The van der Waals surface area contributed by atoms with Crippen molar-refractivity contribution in [1.29, 1.82) is 0 Å². The molecule has 3 N–H and O–H groups in total. The van der Waals surface area contributed by atoms with Gasteiger partial charge in [0.25, 0.3) is 0 Å². The molecule has 0 aromatic rings. The van der Waals surface area contributed by atoms with Crippen molar-refractivity contribution in [3.05, 3.63) is 36.0 Å². The van der Waals surface area contributed by atoms with Crippen LogP contribution in [0.4, 0.5) is 0 Å². The van der Waals surface area contributed by atoms with Gasteiger partial charge in [0, 0.05) is 19.3 Å². The van der Waals surface area contributed by atoms with Crippen molar-refractivity contribution >= 4 is 5.97 Å². The van der Waals surface area contributed by atoms with Crippen molar-refractivity contribution in [3.8, 4) is 0 Å². The highest BCUT2D eigenvalue weighted by molar-refractivity contribution is 5.65. The Hall–Kier alpha value is -1.43. The van der Waals surface area contributed by atoms with Crippen LogP contribution in [0.15, 0.2) is 36.0 Å². The third-order valence-corrected chi connectivity index (χ3v) is 5.13. The second-order valence-corrected chi connectivity index (χ2v) is 7.97. The van der Waals surface area contributed by atoms with Crippen LogP contribution in [-0.4, -0.2) is 46.2 Å². The lowest BCUT2D eigenvalue weighted by molar-refractivity contribution is -0.141. The molecule has 0 spiro atoms. The summed E-state index contributed by atoms with van der Waals surface area (Å²) in [6, 6.07) is 0. The molecule has 1 saturated carbocycles. The van der Waals surface area contributed by atoms with Crippen LogP contribution in [0.2, 0.25) is 0 Å². The Morgan fingerprint density at radius 3 is 2.54 bits per heavy atom. The van der Waals surface area contributed by atoms with Crippen LogP contribution in [0.1, 0.15) is 65.7 Å². The van der Waals surface area contributed by atoms with Gasteiger partial charge in [-0.3, -0.25) is 4.79 Å². The summed E-state index contributed by atoms with van der Waals surface area (Å²) >= 11 is 0. The van der Waals surface area contributed by atoms with Crippen molar-refractivity contribution in [3.63, 3.8) is 0 Å². The molecule has 0 aliphatic heterocycles. The predicted octanol–water partition coefficient (Wildman–Crippen LogP) is 3.69. The molecule has 5 heteroatoms. The first kappa shape index (κ1) is 24.6. The summed E-state index contributed by atoms with van der Waals surface area (Å²) in [7, 11) is 0. The van der Waals surface area contributed by atoms with Crippen LogP contribution in [0.3, 0.4) is 0 Å². The molecule has 0 bridgehead atoms. The van der Waals surface area contributed by atoms with Crippen molar-refractivity contribution < 1.29 is 24.9 Å². The van der Waals surface area contributed by atoms with E-state index in [9.17, 15) is 20.1 Å². The average Bonchev–Trinajstić information content (AvgIpc) is 2.87. The lowest BCUT2D eigenvalue weighted by Crippen LogP contribution is -2.20. The van der Waals surface area contributed by atoms with Crippen molar-refractivity contribution in [2.45, 2.75) is 84.0 Å². The Morgan fingerprint density at radius 2 is 1.86 bits per heavy atom. The van der Waals surface area contributed by atoms with Crippen molar-refractivity contribution in [1.82, 2.24) is 0 Å². The molecular formula is C23H38O5. The minimum absolute atomic E-state index is 0.0338. The van der Waals surface area contributed by atoms with Gasteiger partial charge in [0.15, 0.2) is 0 Å². The van der Waals surface area contributed by atoms with Gasteiger partial charge in [-0.25, -0.2) is 0 Å². The molecule has 1 rings (SSSR count). The Labute approximate surface area is 169 Å². The molecule has 28 heavy (non-hydrogen) atoms. The van der Waals surface area contributed by atoms with E-state index in [0.29, 0.717) is 25.9 Å². The summed E-state index contributed by atoms with van der Waals surface area (Å²) < 4.78 is 4.90. The first-order valence-corrected chi connectivity index (χ1v) is 10.5. The van der Waals surface area contributed by atoms with Crippen LogP contribution < -0.4 is 0 Å². The molecule has 0 amide bonds. The second-order valence-electron chi connectivity index (χ2n) is 7.97. The van der Waals surface area contributed by atoms with Gasteiger partial charge in [0.05, 0.1) is 24.9 Å². The Kier molecular flexibility index (Phi) is 12.0. The number of hydrogen-bond donors (Lipinski definition) is 3. The summed E-state index contributed by atoms with van der Waals surface area (Å²) in [4.78, 5) is 10.7. The lowest BCUT2D eigenvalue weighted by Gasteiger charge is -2.19. The maximum absolute atomic E-state index is 10.7. The van der Waals surface area contributed by atoms with Gasteiger partial charge < -0.3 is 20.1 Å². The maximum Gasteiger partial charge on any atom is 0.302 e. The van der Waals surface area contributed by atoms with Crippen LogP contribution in [0, 0.1) is 11.8 Å². The van der Waals surface area contributed by atoms with Crippen molar-refractivity contribution in [2.24, 2.45) is 11.8 Å². The molecule has 1 aliphatic rings. The smallest absolute Gasteiger partial charge is 0.302 e. The zero-order valence-electron chi connectivity index (χ0n) is 17.6. The number of carbonyl (C=O) groups is 1. The molecule has 0 heterocycles. The van der Waals surface area contributed by atoms with Gasteiger partial charge in [0.1, 0.15) is 0 Å². The quantitative estimate of drug-likeness (QED) is 0.267. The predicted molar refractivity (Wildman–Crippen MR) is 112 cm³/mol. The number of aliphatic hydroxyl groups excluding tert-OH is 3. The van der Waals surface area contributed by atoms with Crippen molar-refractivity contribution in [2.75, 3.05) is 6.61 Å². The van der Waals surface area contributed by atoms with E-state index in [1.807, 2.05) is 19.9 Å². The van der Waals surface area contributed by atoms with Gasteiger partial charge in [-0.2, -0.15) is 0 Å². The van der Waals surface area contributed by atoms with E-state index in [1.54, 1.807) is 6.08 Å². The number of ether oxygens (including phenoxy) is 1. The van der Waals surface area contributed by atoms with Crippen LogP contribution >= 0.6 is 0 Å². The number of esters is 1. The normalized spacial score (nSPS) is 26.1. The van der Waals surface area contributed by atoms with E-state index in [1.165, 1.54) is 12.5 Å². The molecule has 5 nitrogen and oxygen atoms in total. The number of allylic oxidation sites excluding steroid dienone is 4. The Morgan fingerprint density at radius 1 is 1.11 bits per heavy atom. The van der Waals surface area contributed by atoms with Crippen LogP contribution in [-0.2, 0) is 9.53 Å². The van der Waals surface area contributed by atoms with Gasteiger partial charge in [-0.1, -0.05) is 36.0 Å². The van der Waals surface area contributed by atoms with Crippen LogP contribution in [0.25, 0.3) is 0 Å². The number of carbonyl (C=O) groups excluding carboxylic acids is 1. The summed E-state index contributed by atoms with van der Waals surface area (Å²) in [6.45, 7) is 5.95. The standard InChI is InChI=1S/C23H38O5/c1-17(2)10-9-11-19(25)13-14-21-20(22(26)16-23(21)27)12-7-5-4-6-8-15-28-18(3)24/h5,7,10,13-14,19-23,25-27H,4,6,8-9,11-12,15-16H2,1-3H3/t19-,20+,21+,22-,23+/m0/s1. The van der Waals surface area contributed by atoms with E-state index in [2.05, 4.69) is 18.2 Å². The monoisotopic (exact) mass is 394 g/mol.